The Morgan fingerprint density at radius 2 is 2.12 bits per heavy atom. The quantitative estimate of drug-likeness (QED) is 0.588. The van der Waals surface area contributed by atoms with Crippen LogP contribution in [0.25, 0.3) is 11.0 Å². The van der Waals surface area contributed by atoms with Gasteiger partial charge in [0.25, 0.3) is 5.91 Å². The Kier molecular flexibility index (Phi) is 4.82. The molecule has 6 heteroatoms. The molecule has 0 spiro atoms. The average Bonchev–Trinajstić information content (AvgIpc) is 3.26. The van der Waals surface area contributed by atoms with Crippen LogP contribution in [0.4, 0.5) is 0 Å². The largest absolute Gasteiger partial charge is 0.451 e. The molecule has 2 aromatic heterocycles. The van der Waals surface area contributed by atoms with Crippen molar-refractivity contribution in [2.75, 3.05) is 19.7 Å². The molecule has 0 atom stereocenters. The summed E-state index contributed by atoms with van der Waals surface area (Å²) in [6.45, 7) is 5.74. The van der Waals surface area contributed by atoms with Crippen LogP contribution in [0.1, 0.15) is 30.0 Å². The minimum Gasteiger partial charge on any atom is -0.451 e. The number of hydrogen-bond acceptors (Lipinski definition) is 5. The number of thioether (sulfide) groups is 1. The van der Waals surface area contributed by atoms with Gasteiger partial charge in [0.05, 0.1) is 16.4 Å². The van der Waals surface area contributed by atoms with Crippen LogP contribution >= 0.6 is 23.1 Å². The minimum atomic E-state index is -0.328. The number of ether oxygens (including phenoxy) is 1. The Bertz CT molecular complexity index is 914. The smallest absolute Gasteiger partial charge is 0.290 e. The molecule has 0 N–H and O–H groups in total. The average molecular weight is 388 g/mol. The Hall–Kier alpha value is -1.76. The van der Waals surface area contributed by atoms with Crippen molar-refractivity contribution in [2.45, 2.75) is 29.4 Å². The van der Waals surface area contributed by atoms with Gasteiger partial charge in [0.15, 0.2) is 5.76 Å². The maximum Gasteiger partial charge on any atom is 0.290 e. The summed E-state index contributed by atoms with van der Waals surface area (Å²) in [7, 11) is 0. The van der Waals surface area contributed by atoms with E-state index < -0.39 is 0 Å². The molecule has 1 amide bonds. The fourth-order valence-electron chi connectivity index (χ4n) is 3.24. The summed E-state index contributed by atoms with van der Waals surface area (Å²) < 4.78 is 13.0. The minimum absolute atomic E-state index is 0.0423. The summed E-state index contributed by atoms with van der Waals surface area (Å²) >= 11 is 3.45. The third kappa shape index (κ3) is 3.54. The van der Waals surface area contributed by atoms with Gasteiger partial charge in [-0.2, -0.15) is 0 Å². The highest BCUT2D eigenvalue weighted by molar-refractivity contribution is 8.00. The van der Waals surface area contributed by atoms with Crippen LogP contribution in [-0.4, -0.2) is 36.1 Å². The van der Waals surface area contributed by atoms with E-state index in [1.165, 1.54) is 4.21 Å². The zero-order valence-corrected chi connectivity index (χ0v) is 16.5. The lowest BCUT2D eigenvalue weighted by Gasteiger charge is -2.37. The summed E-state index contributed by atoms with van der Waals surface area (Å²) in [5.74, 6) is 1.14. The molecule has 4 rings (SSSR count). The summed E-state index contributed by atoms with van der Waals surface area (Å²) in [6, 6.07) is 12.0. The van der Waals surface area contributed by atoms with Gasteiger partial charge in [0, 0.05) is 29.8 Å². The number of para-hydroxylation sites is 1. The van der Waals surface area contributed by atoms with Crippen LogP contribution in [0.3, 0.4) is 0 Å². The number of carbonyl (C=O) groups excluding carboxylic acids is 1. The molecule has 1 fully saturated rings. The van der Waals surface area contributed by atoms with Gasteiger partial charge >= 0.3 is 0 Å². The third-order valence-electron chi connectivity index (χ3n) is 4.46. The second-order valence-electron chi connectivity index (χ2n) is 6.96. The molecule has 3 aromatic rings. The van der Waals surface area contributed by atoms with Crippen LogP contribution in [0.5, 0.6) is 0 Å². The van der Waals surface area contributed by atoms with Gasteiger partial charge < -0.3 is 14.1 Å². The normalized spacial score (nSPS) is 16.9. The third-order valence-corrected chi connectivity index (χ3v) is 6.62. The van der Waals surface area contributed by atoms with Crippen molar-refractivity contribution in [1.82, 2.24) is 4.90 Å². The van der Waals surface area contributed by atoms with Crippen molar-refractivity contribution >= 4 is 40.0 Å². The van der Waals surface area contributed by atoms with Crippen LogP contribution < -0.4 is 0 Å². The lowest BCUT2D eigenvalue weighted by atomic mass is 10.1. The molecule has 26 heavy (non-hydrogen) atoms. The van der Waals surface area contributed by atoms with Crippen molar-refractivity contribution in [3.8, 4) is 0 Å². The fourth-order valence-corrected chi connectivity index (χ4v) is 5.05. The predicted molar refractivity (Wildman–Crippen MR) is 106 cm³/mol. The first-order chi connectivity index (χ1) is 12.5. The second-order valence-corrected chi connectivity index (χ2v) is 9.18. The fraction of sp³-hybridized carbons (Fsp3) is 0.350. The SMILES string of the molecule is CC1(C)CN(C(=O)c2oc3ccccc3c2CSc2cccs2)CCO1. The number of nitrogens with zero attached hydrogens (tertiary/aromatic N) is 1. The maximum atomic E-state index is 13.2. The molecule has 0 aliphatic carbocycles. The molecule has 0 unspecified atom stereocenters. The molecule has 136 valence electrons. The van der Waals surface area contributed by atoms with Crippen molar-refractivity contribution < 1.29 is 13.9 Å². The van der Waals surface area contributed by atoms with E-state index in [-0.39, 0.29) is 11.5 Å². The molecule has 3 heterocycles. The number of thiophene rings is 1. The highest BCUT2D eigenvalue weighted by Crippen LogP contribution is 2.34. The first kappa shape index (κ1) is 17.6. The van der Waals surface area contributed by atoms with E-state index in [1.54, 1.807) is 23.1 Å². The van der Waals surface area contributed by atoms with Gasteiger partial charge in [-0.05, 0) is 31.4 Å². The molecule has 1 aliphatic rings. The number of hydrogen-bond donors (Lipinski definition) is 0. The monoisotopic (exact) mass is 387 g/mol. The second kappa shape index (κ2) is 7.10. The zero-order valence-electron chi connectivity index (χ0n) is 14.9. The number of carbonyl (C=O) groups is 1. The molecule has 0 saturated carbocycles. The standard InChI is InChI=1S/C20H21NO3S2/c1-20(2)13-21(9-10-23-20)19(22)18-15(12-26-17-8-5-11-25-17)14-6-3-4-7-16(14)24-18/h3-8,11H,9-10,12-13H2,1-2H3. The van der Waals surface area contributed by atoms with E-state index in [0.29, 0.717) is 31.2 Å². The van der Waals surface area contributed by atoms with Gasteiger partial charge in [0.2, 0.25) is 0 Å². The number of rotatable bonds is 4. The van der Waals surface area contributed by atoms with Crippen LogP contribution in [0.2, 0.25) is 0 Å². The topological polar surface area (TPSA) is 42.7 Å². The van der Waals surface area contributed by atoms with E-state index in [1.807, 2.05) is 49.1 Å². The van der Waals surface area contributed by atoms with Gasteiger partial charge in [0.1, 0.15) is 5.58 Å². The lowest BCUT2D eigenvalue weighted by Crippen LogP contribution is -2.50. The number of morpholine rings is 1. The van der Waals surface area contributed by atoms with Gasteiger partial charge in [-0.1, -0.05) is 24.3 Å². The lowest BCUT2D eigenvalue weighted by molar-refractivity contribution is -0.0768. The van der Waals surface area contributed by atoms with Crippen LogP contribution in [0.15, 0.2) is 50.4 Å². The highest BCUT2D eigenvalue weighted by atomic mass is 32.2. The maximum absolute atomic E-state index is 13.2. The van der Waals surface area contributed by atoms with Crippen LogP contribution in [0, 0.1) is 0 Å². The van der Waals surface area contributed by atoms with Crippen molar-refractivity contribution in [3.05, 3.63) is 53.1 Å². The number of furan rings is 1. The summed E-state index contributed by atoms with van der Waals surface area (Å²) in [5, 5.41) is 3.09. The van der Waals surface area contributed by atoms with Crippen LogP contribution in [-0.2, 0) is 10.5 Å². The Labute approximate surface area is 161 Å². The molecule has 1 aromatic carbocycles. The highest BCUT2D eigenvalue weighted by Gasteiger charge is 2.33. The van der Waals surface area contributed by atoms with E-state index in [0.717, 1.165) is 16.5 Å². The van der Waals surface area contributed by atoms with E-state index in [9.17, 15) is 4.79 Å². The summed E-state index contributed by atoms with van der Waals surface area (Å²) in [4.78, 5) is 15.1. The zero-order chi connectivity index (χ0) is 18.1. The van der Waals surface area contributed by atoms with Crippen molar-refractivity contribution in [3.63, 3.8) is 0 Å². The predicted octanol–water partition coefficient (Wildman–Crippen LogP) is 5.04. The van der Waals surface area contributed by atoms with Crippen molar-refractivity contribution in [2.24, 2.45) is 0 Å². The van der Waals surface area contributed by atoms with E-state index in [2.05, 4.69) is 11.4 Å². The summed E-state index contributed by atoms with van der Waals surface area (Å²) in [5.41, 5.74) is 1.42. The van der Waals surface area contributed by atoms with Gasteiger partial charge in [-0.3, -0.25) is 4.79 Å². The summed E-state index contributed by atoms with van der Waals surface area (Å²) in [6.07, 6.45) is 0. The molecule has 0 bridgehead atoms. The number of fused-ring (bicyclic) bond motifs is 1. The Morgan fingerprint density at radius 1 is 1.27 bits per heavy atom. The Balaban J connectivity index is 1.67. The van der Waals surface area contributed by atoms with E-state index in [4.69, 9.17) is 9.15 Å². The molecular weight excluding hydrogens is 366 g/mol. The number of benzene rings is 1. The number of amides is 1. The molecule has 0 radical (unpaired) electrons. The first-order valence-electron chi connectivity index (χ1n) is 8.63. The van der Waals surface area contributed by atoms with Gasteiger partial charge in [-0.25, -0.2) is 0 Å². The molecule has 4 nitrogen and oxygen atoms in total. The van der Waals surface area contributed by atoms with E-state index >= 15 is 0 Å². The molecular formula is C20H21NO3S2. The Morgan fingerprint density at radius 3 is 2.88 bits per heavy atom. The molecule has 1 aliphatic heterocycles. The van der Waals surface area contributed by atoms with Crippen molar-refractivity contribution in [1.29, 1.82) is 0 Å². The first-order valence-corrected chi connectivity index (χ1v) is 10.5. The molecule has 1 saturated heterocycles. The van der Waals surface area contributed by atoms with Gasteiger partial charge in [-0.15, -0.1) is 23.1 Å².